The summed E-state index contributed by atoms with van der Waals surface area (Å²) in [5, 5.41) is 3.94. The molecule has 0 aromatic carbocycles. The number of likely N-dealkylation sites (tertiary alicyclic amines) is 1. The molecule has 2 atom stereocenters. The van der Waals surface area contributed by atoms with Crippen molar-refractivity contribution < 1.29 is 0 Å². The Bertz CT molecular complexity index is 252. The molecule has 1 N–H and O–H groups in total. The minimum atomic E-state index is 0.487. The van der Waals surface area contributed by atoms with E-state index < -0.39 is 0 Å². The van der Waals surface area contributed by atoms with E-state index in [1.54, 1.807) is 0 Å². The van der Waals surface area contributed by atoms with Crippen LogP contribution in [0.4, 0.5) is 0 Å². The SMILES string of the molecule is CCCNC(C(C)CC)C1(N2CCCC2)CCCC1. The van der Waals surface area contributed by atoms with Crippen molar-refractivity contribution in [3.05, 3.63) is 0 Å². The van der Waals surface area contributed by atoms with Crippen LogP contribution >= 0.6 is 0 Å². The van der Waals surface area contributed by atoms with Crippen LogP contribution in [0.3, 0.4) is 0 Å². The van der Waals surface area contributed by atoms with Gasteiger partial charge in [0.25, 0.3) is 0 Å². The lowest BCUT2D eigenvalue weighted by molar-refractivity contribution is 0.0529. The Hall–Kier alpha value is -0.0800. The molecule has 0 radical (unpaired) electrons. The highest BCUT2D eigenvalue weighted by atomic mass is 15.2. The van der Waals surface area contributed by atoms with Crippen LogP contribution in [0.15, 0.2) is 0 Å². The Balaban J connectivity index is 2.16. The number of hydrogen-bond acceptors (Lipinski definition) is 2. The molecule has 2 nitrogen and oxygen atoms in total. The molecule has 2 aliphatic rings. The molecule has 0 spiro atoms. The molecule has 2 rings (SSSR count). The average Bonchev–Trinajstić information content (AvgIpc) is 3.10. The van der Waals surface area contributed by atoms with Crippen LogP contribution in [0.5, 0.6) is 0 Å². The molecular weight excluding hydrogens is 232 g/mol. The van der Waals surface area contributed by atoms with E-state index >= 15 is 0 Å². The first-order chi connectivity index (χ1) is 9.24. The second kappa shape index (κ2) is 7.08. The van der Waals surface area contributed by atoms with Crippen molar-refractivity contribution in [1.82, 2.24) is 10.2 Å². The van der Waals surface area contributed by atoms with Crippen molar-refractivity contribution >= 4 is 0 Å². The van der Waals surface area contributed by atoms with E-state index in [1.165, 1.54) is 71.0 Å². The fourth-order valence-electron chi connectivity index (χ4n) is 4.43. The zero-order valence-electron chi connectivity index (χ0n) is 13.4. The van der Waals surface area contributed by atoms with E-state index in [-0.39, 0.29) is 0 Å². The van der Waals surface area contributed by atoms with Crippen molar-refractivity contribution in [3.63, 3.8) is 0 Å². The third kappa shape index (κ3) is 3.16. The van der Waals surface area contributed by atoms with Crippen LogP contribution in [0.25, 0.3) is 0 Å². The van der Waals surface area contributed by atoms with Crippen molar-refractivity contribution in [2.45, 2.75) is 83.7 Å². The fourth-order valence-corrected chi connectivity index (χ4v) is 4.43. The Kier molecular flexibility index (Phi) is 5.70. The molecule has 112 valence electrons. The monoisotopic (exact) mass is 266 g/mol. The average molecular weight is 266 g/mol. The quantitative estimate of drug-likeness (QED) is 0.754. The van der Waals surface area contributed by atoms with Crippen molar-refractivity contribution in [1.29, 1.82) is 0 Å². The van der Waals surface area contributed by atoms with Gasteiger partial charge in [-0.2, -0.15) is 0 Å². The van der Waals surface area contributed by atoms with E-state index in [2.05, 4.69) is 31.0 Å². The van der Waals surface area contributed by atoms with Gasteiger partial charge in [-0.1, -0.05) is 40.0 Å². The minimum Gasteiger partial charge on any atom is -0.312 e. The van der Waals surface area contributed by atoms with Gasteiger partial charge in [0.2, 0.25) is 0 Å². The van der Waals surface area contributed by atoms with Crippen molar-refractivity contribution in [3.8, 4) is 0 Å². The second-order valence-corrected chi connectivity index (χ2v) is 6.82. The summed E-state index contributed by atoms with van der Waals surface area (Å²) in [4.78, 5) is 2.86. The highest BCUT2D eigenvalue weighted by Crippen LogP contribution is 2.42. The predicted octanol–water partition coefficient (Wildman–Crippen LogP) is 3.81. The first kappa shape index (κ1) is 15.3. The zero-order chi connectivity index (χ0) is 13.7. The number of rotatable bonds is 7. The largest absolute Gasteiger partial charge is 0.312 e. The van der Waals surface area contributed by atoms with Gasteiger partial charge in [-0.25, -0.2) is 0 Å². The molecule has 1 saturated carbocycles. The maximum Gasteiger partial charge on any atom is 0.0365 e. The summed E-state index contributed by atoms with van der Waals surface area (Å²) in [5.41, 5.74) is 0.487. The Labute approximate surface area is 120 Å². The van der Waals surface area contributed by atoms with Crippen LogP contribution in [0.2, 0.25) is 0 Å². The smallest absolute Gasteiger partial charge is 0.0365 e. The molecule has 2 heteroatoms. The lowest BCUT2D eigenvalue weighted by Crippen LogP contribution is -2.61. The highest BCUT2D eigenvalue weighted by molar-refractivity contribution is 5.06. The third-order valence-corrected chi connectivity index (χ3v) is 5.61. The van der Waals surface area contributed by atoms with Gasteiger partial charge in [-0.3, -0.25) is 4.90 Å². The Morgan fingerprint density at radius 3 is 2.21 bits per heavy atom. The summed E-state index contributed by atoms with van der Waals surface area (Å²) < 4.78 is 0. The fraction of sp³-hybridized carbons (Fsp3) is 1.00. The number of nitrogens with one attached hydrogen (secondary N) is 1. The molecule has 0 aromatic heterocycles. The van der Waals surface area contributed by atoms with Crippen LogP contribution in [-0.4, -0.2) is 36.1 Å². The lowest BCUT2D eigenvalue weighted by Gasteiger charge is -2.48. The maximum atomic E-state index is 3.94. The topological polar surface area (TPSA) is 15.3 Å². The van der Waals surface area contributed by atoms with Crippen LogP contribution in [0, 0.1) is 5.92 Å². The van der Waals surface area contributed by atoms with Gasteiger partial charge in [0.1, 0.15) is 0 Å². The van der Waals surface area contributed by atoms with Crippen LogP contribution in [-0.2, 0) is 0 Å². The minimum absolute atomic E-state index is 0.487. The van der Waals surface area contributed by atoms with E-state index in [4.69, 9.17) is 0 Å². The highest BCUT2D eigenvalue weighted by Gasteiger charge is 2.47. The first-order valence-electron chi connectivity index (χ1n) is 8.73. The molecule has 0 amide bonds. The number of nitrogens with zero attached hydrogens (tertiary/aromatic N) is 1. The molecule has 1 aliphatic carbocycles. The van der Waals surface area contributed by atoms with Gasteiger partial charge >= 0.3 is 0 Å². The standard InChI is InChI=1S/C17H34N2/c1-4-12-18-16(15(3)5-2)17(10-6-7-11-17)19-13-8-9-14-19/h15-16,18H,4-14H2,1-3H3. The van der Waals surface area contributed by atoms with Crippen LogP contribution in [0.1, 0.15) is 72.1 Å². The van der Waals surface area contributed by atoms with Gasteiger partial charge in [-0.05, 0) is 57.7 Å². The van der Waals surface area contributed by atoms with E-state index in [9.17, 15) is 0 Å². The lowest BCUT2D eigenvalue weighted by atomic mass is 9.78. The number of hydrogen-bond donors (Lipinski definition) is 1. The van der Waals surface area contributed by atoms with Gasteiger partial charge in [0.05, 0.1) is 0 Å². The van der Waals surface area contributed by atoms with E-state index in [0.717, 1.165) is 5.92 Å². The molecular formula is C17H34N2. The van der Waals surface area contributed by atoms with E-state index in [0.29, 0.717) is 11.6 Å². The molecule has 1 saturated heterocycles. The van der Waals surface area contributed by atoms with Gasteiger partial charge in [0.15, 0.2) is 0 Å². The summed E-state index contributed by atoms with van der Waals surface area (Å²) in [6.45, 7) is 11.0. The second-order valence-electron chi connectivity index (χ2n) is 6.82. The van der Waals surface area contributed by atoms with Crippen molar-refractivity contribution in [2.24, 2.45) is 5.92 Å². The zero-order valence-corrected chi connectivity index (χ0v) is 13.4. The molecule has 0 aromatic rings. The summed E-state index contributed by atoms with van der Waals surface area (Å²) in [6, 6.07) is 0.707. The molecule has 2 fully saturated rings. The van der Waals surface area contributed by atoms with Crippen molar-refractivity contribution in [2.75, 3.05) is 19.6 Å². The Morgan fingerprint density at radius 2 is 1.68 bits per heavy atom. The Morgan fingerprint density at radius 1 is 1.05 bits per heavy atom. The van der Waals surface area contributed by atoms with E-state index in [1.807, 2.05) is 0 Å². The van der Waals surface area contributed by atoms with Gasteiger partial charge in [0, 0.05) is 11.6 Å². The predicted molar refractivity (Wildman–Crippen MR) is 83.5 cm³/mol. The van der Waals surface area contributed by atoms with Crippen LogP contribution < -0.4 is 5.32 Å². The molecule has 1 heterocycles. The molecule has 0 bridgehead atoms. The summed E-state index contributed by atoms with van der Waals surface area (Å²) in [6.07, 6.45) is 11.1. The molecule has 19 heavy (non-hydrogen) atoms. The first-order valence-corrected chi connectivity index (χ1v) is 8.73. The summed E-state index contributed by atoms with van der Waals surface area (Å²) in [7, 11) is 0. The normalized spacial score (nSPS) is 26.7. The third-order valence-electron chi connectivity index (χ3n) is 5.61. The summed E-state index contributed by atoms with van der Waals surface area (Å²) >= 11 is 0. The molecule has 2 unspecified atom stereocenters. The van der Waals surface area contributed by atoms with Gasteiger partial charge in [-0.15, -0.1) is 0 Å². The summed E-state index contributed by atoms with van der Waals surface area (Å²) in [5.74, 6) is 0.797. The van der Waals surface area contributed by atoms with Gasteiger partial charge < -0.3 is 5.32 Å². The maximum absolute atomic E-state index is 3.94. The molecule has 1 aliphatic heterocycles.